The molecule has 2 N–H and O–H groups in total. The van der Waals surface area contributed by atoms with Crippen molar-refractivity contribution in [1.82, 2.24) is 10.6 Å². The summed E-state index contributed by atoms with van der Waals surface area (Å²) in [4.78, 5) is 7.57. The molecule has 10 rings (SSSR count). The van der Waals surface area contributed by atoms with E-state index in [0.717, 1.165) is 83.5 Å². The maximum Gasteiger partial charge on any atom is 0.159 e. The molecule has 6 heteroatoms. The van der Waals surface area contributed by atoms with Gasteiger partial charge < -0.3 is 19.1 Å². The first-order chi connectivity index (χ1) is 25.3. The number of para-hydroxylation sites is 4. The van der Waals surface area contributed by atoms with E-state index in [1.54, 1.807) is 0 Å². The largest absolute Gasteiger partial charge is 0.455 e. The zero-order valence-electron chi connectivity index (χ0n) is 27.5. The Morgan fingerprint density at radius 3 is 1.86 bits per heavy atom. The smallest absolute Gasteiger partial charge is 0.159 e. The van der Waals surface area contributed by atoms with Crippen LogP contribution in [0.15, 0.2) is 184 Å². The first-order valence-electron chi connectivity index (χ1n) is 17.2. The second-order valence-electron chi connectivity index (χ2n) is 12.8. The minimum Gasteiger partial charge on any atom is -0.455 e. The van der Waals surface area contributed by atoms with Crippen LogP contribution in [0, 0.1) is 0 Å². The molecule has 1 aliphatic rings. The number of fused-ring (bicyclic) bond motifs is 6. The summed E-state index contributed by atoms with van der Waals surface area (Å²) >= 11 is 0. The van der Waals surface area contributed by atoms with Crippen LogP contribution in [-0.4, -0.2) is 5.84 Å². The van der Waals surface area contributed by atoms with Gasteiger partial charge in [-0.15, -0.1) is 0 Å². The van der Waals surface area contributed by atoms with E-state index in [1.807, 2.05) is 42.5 Å². The van der Waals surface area contributed by atoms with Crippen LogP contribution in [0.4, 0.5) is 17.1 Å². The van der Waals surface area contributed by atoms with Crippen LogP contribution in [0.2, 0.25) is 0 Å². The summed E-state index contributed by atoms with van der Waals surface area (Å²) in [6.07, 6.45) is -0.437. The van der Waals surface area contributed by atoms with E-state index < -0.39 is 0 Å². The zero-order valence-corrected chi connectivity index (χ0v) is 27.5. The van der Waals surface area contributed by atoms with Crippen LogP contribution in [0.1, 0.15) is 29.0 Å². The number of hydrogen-bond donors (Lipinski definition) is 2. The van der Waals surface area contributed by atoms with Gasteiger partial charge in [0, 0.05) is 21.8 Å². The lowest BCUT2D eigenvalue weighted by Gasteiger charge is -2.32. The van der Waals surface area contributed by atoms with Gasteiger partial charge in [-0.1, -0.05) is 127 Å². The van der Waals surface area contributed by atoms with Gasteiger partial charge in [0.15, 0.2) is 5.58 Å². The third kappa shape index (κ3) is 4.96. The molecule has 6 nitrogen and oxygen atoms in total. The molecule has 2 unspecified atom stereocenters. The molecule has 0 spiro atoms. The predicted molar refractivity (Wildman–Crippen MR) is 207 cm³/mol. The van der Waals surface area contributed by atoms with Crippen molar-refractivity contribution in [2.24, 2.45) is 4.99 Å². The first kappa shape index (κ1) is 29.3. The van der Waals surface area contributed by atoms with Crippen molar-refractivity contribution in [2.45, 2.75) is 12.3 Å². The molecular weight excluding hydrogens is 629 g/mol. The van der Waals surface area contributed by atoms with Crippen molar-refractivity contribution in [2.75, 3.05) is 4.90 Å². The van der Waals surface area contributed by atoms with E-state index in [9.17, 15) is 0 Å². The molecule has 0 saturated carbocycles. The number of anilines is 3. The topological polar surface area (TPSA) is 65.9 Å². The number of benzene rings is 7. The van der Waals surface area contributed by atoms with Crippen LogP contribution >= 0.6 is 0 Å². The maximum absolute atomic E-state index is 6.83. The van der Waals surface area contributed by atoms with Crippen LogP contribution in [0.3, 0.4) is 0 Å². The van der Waals surface area contributed by atoms with Gasteiger partial charge in [0.25, 0.3) is 0 Å². The van der Waals surface area contributed by atoms with Crippen LogP contribution in [-0.2, 0) is 0 Å². The van der Waals surface area contributed by atoms with E-state index in [1.165, 1.54) is 0 Å². The highest BCUT2D eigenvalue weighted by Crippen LogP contribution is 2.47. The molecule has 0 radical (unpaired) electrons. The van der Waals surface area contributed by atoms with Crippen molar-refractivity contribution < 1.29 is 8.83 Å². The Bertz CT molecular complexity index is 2720. The quantitative estimate of drug-likeness (QED) is 0.186. The van der Waals surface area contributed by atoms with Crippen LogP contribution in [0.25, 0.3) is 43.9 Å². The van der Waals surface area contributed by atoms with E-state index in [0.29, 0.717) is 0 Å². The zero-order chi connectivity index (χ0) is 33.7. The Kier molecular flexibility index (Phi) is 6.93. The van der Waals surface area contributed by atoms with E-state index >= 15 is 0 Å². The number of hydrogen-bond acceptors (Lipinski definition) is 6. The standard InChI is InChI=1S/C45H32N4O2/c1-4-15-29(16-5-1)43-46-44(30-17-6-2-7-18-30)48-45(47-43)35-27-28-36(40-34-22-11-13-26-39(34)51-42(35)40)49(31-19-8-3-9-20-31)37-24-14-23-33-32-21-10-12-25-38(32)50-41(33)37/h1-28,43-44,46H,(H,47,48). The molecule has 3 heterocycles. The van der Waals surface area contributed by atoms with E-state index in [4.69, 9.17) is 13.8 Å². The number of nitrogens with zero attached hydrogens (tertiary/aromatic N) is 2. The lowest BCUT2D eigenvalue weighted by atomic mass is 10.0. The molecule has 2 atom stereocenters. The highest BCUT2D eigenvalue weighted by molar-refractivity contribution is 6.21. The summed E-state index contributed by atoms with van der Waals surface area (Å²) in [6.45, 7) is 0. The number of rotatable bonds is 6. The van der Waals surface area contributed by atoms with Gasteiger partial charge in [-0.25, -0.2) is 4.99 Å². The third-order valence-corrected chi connectivity index (χ3v) is 9.75. The van der Waals surface area contributed by atoms with Gasteiger partial charge in [0.05, 0.1) is 22.3 Å². The average Bonchev–Trinajstić information content (AvgIpc) is 3.79. The number of amidine groups is 1. The molecule has 7 aromatic carbocycles. The van der Waals surface area contributed by atoms with E-state index in [-0.39, 0.29) is 12.3 Å². The average molecular weight is 661 g/mol. The highest BCUT2D eigenvalue weighted by Gasteiger charge is 2.29. The first-order valence-corrected chi connectivity index (χ1v) is 17.2. The fraction of sp³-hybridized carbons (Fsp3) is 0.0444. The van der Waals surface area contributed by atoms with Gasteiger partial charge in [0.2, 0.25) is 0 Å². The van der Waals surface area contributed by atoms with Gasteiger partial charge in [-0.2, -0.15) is 0 Å². The monoisotopic (exact) mass is 660 g/mol. The highest BCUT2D eigenvalue weighted by atomic mass is 16.3. The molecule has 0 saturated heterocycles. The Hall–Kier alpha value is -6.63. The predicted octanol–water partition coefficient (Wildman–Crippen LogP) is 11.3. The number of furan rings is 2. The summed E-state index contributed by atoms with van der Waals surface area (Å²) < 4.78 is 13.4. The fourth-order valence-electron chi connectivity index (χ4n) is 7.40. The second-order valence-corrected chi connectivity index (χ2v) is 12.8. The third-order valence-electron chi connectivity index (χ3n) is 9.75. The molecule has 0 amide bonds. The van der Waals surface area contributed by atoms with Crippen molar-refractivity contribution >= 4 is 66.8 Å². The van der Waals surface area contributed by atoms with Crippen LogP contribution in [0.5, 0.6) is 0 Å². The summed E-state index contributed by atoms with van der Waals surface area (Å²) in [5.41, 5.74) is 9.29. The summed E-state index contributed by atoms with van der Waals surface area (Å²) in [5.74, 6) is 0.762. The molecule has 244 valence electrons. The Morgan fingerprint density at radius 1 is 0.490 bits per heavy atom. The van der Waals surface area contributed by atoms with E-state index in [2.05, 4.69) is 143 Å². The Balaban J connectivity index is 1.22. The molecule has 9 aromatic rings. The summed E-state index contributed by atoms with van der Waals surface area (Å²) in [6, 6.07) is 58.4. The number of aliphatic imine (C=N–C) groups is 1. The molecular formula is C45H32N4O2. The number of nitrogens with one attached hydrogen (secondary N) is 2. The molecule has 51 heavy (non-hydrogen) atoms. The van der Waals surface area contributed by atoms with Crippen molar-refractivity contribution in [3.05, 3.63) is 187 Å². The lowest BCUT2D eigenvalue weighted by Crippen LogP contribution is -2.45. The second kappa shape index (κ2) is 12.1. The van der Waals surface area contributed by atoms with Crippen molar-refractivity contribution in [3.8, 4) is 0 Å². The van der Waals surface area contributed by atoms with Gasteiger partial charge in [-0.3, -0.25) is 5.32 Å². The minimum absolute atomic E-state index is 0.172. The van der Waals surface area contributed by atoms with Crippen molar-refractivity contribution in [3.63, 3.8) is 0 Å². The molecule has 0 aliphatic carbocycles. The van der Waals surface area contributed by atoms with Gasteiger partial charge >= 0.3 is 0 Å². The molecule has 1 aliphatic heterocycles. The SMILES string of the molecule is c1ccc(C2N=C(c3ccc(N(c4ccccc4)c4cccc5c4oc4ccccc45)c4c3oc3ccccc34)NC(c3ccccc3)N2)cc1. The maximum atomic E-state index is 6.83. The summed E-state index contributed by atoms with van der Waals surface area (Å²) in [7, 11) is 0. The lowest BCUT2D eigenvalue weighted by molar-refractivity contribution is 0.409. The molecule has 2 aromatic heterocycles. The molecule has 0 fully saturated rings. The van der Waals surface area contributed by atoms with Gasteiger partial charge in [-0.05, 0) is 53.6 Å². The van der Waals surface area contributed by atoms with Crippen LogP contribution < -0.4 is 15.5 Å². The Morgan fingerprint density at radius 2 is 1.10 bits per heavy atom. The summed E-state index contributed by atoms with van der Waals surface area (Å²) in [5, 5.41) is 11.6. The Labute approximate surface area is 294 Å². The molecule has 0 bridgehead atoms. The minimum atomic E-state index is -0.265. The van der Waals surface area contributed by atoms with Crippen molar-refractivity contribution in [1.29, 1.82) is 0 Å². The normalized spacial score (nSPS) is 16.0. The van der Waals surface area contributed by atoms with Gasteiger partial charge in [0.1, 0.15) is 34.9 Å². The fourth-order valence-corrected chi connectivity index (χ4v) is 7.40.